The highest BCUT2D eigenvalue weighted by Crippen LogP contribution is 2.24. The molecule has 1 fully saturated rings. The molecule has 1 aliphatic rings. The minimum atomic E-state index is 0. The standard InChI is InChI=1S/C19H20N4O.ClH/c1-2-7-14(8-3-1)21-19-22-17-11-5-4-10-16(17)18(23-19)20-13-15-9-6-12-24-15;/h1-5,7-8,10-11,15H,6,9,12-13H2,(H2,20,21,22,23);1H. The van der Waals surface area contributed by atoms with Crippen molar-refractivity contribution in [1.29, 1.82) is 0 Å². The maximum atomic E-state index is 5.69. The number of fused-ring (bicyclic) bond motifs is 1. The highest BCUT2D eigenvalue weighted by atomic mass is 35.5. The zero-order valence-electron chi connectivity index (χ0n) is 13.8. The lowest BCUT2D eigenvalue weighted by Crippen LogP contribution is -2.19. The summed E-state index contributed by atoms with van der Waals surface area (Å²) in [4.78, 5) is 9.29. The Morgan fingerprint density at radius 1 is 1.00 bits per heavy atom. The van der Waals surface area contributed by atoms with Gasteiger partial charge in [0, 0.05) is 24.2 Å². The lowest BCUT2D eigenvalue weighted by atomic mass is 10.2. The maximum Gasteiger partial charge on any atom is 0.229 e. The van der Waals surface area contributed by atoms with Gasteiger partial charge < -0.3 is 15.4 Å². The number of rotatable bonds is 5. The molecule has 1 aliphatic heterocycles. The molecule has 1 aromatic heterocycles. The minimum Gasteiger partial charge on any atom is -0.376 e. The van der Waals surface area contributed by atoms with Crippen molar-refractivity contribution < 1.29 is 4.74 Å². The van der Waals surface area contributed by atoms with Crippen LogP contribution in [0.3, 0.4) is 0 Å². The number of anilines is 3. The lowest BCUT2D eigenvalue weighted by molar-refractivity contribution is 0.120. The van der Waals surface area contributed by atoms with Crippen LogP contribution in [0.15, 0.2) is 54.6 Å². The Hall–Kier alpha value is -2.37. The first-order valence-corrected chi connectivity index (χ1v) is 8.33. The molecule has 0 radical (unpaired) electrons. The number of para-hydroxylation sites is 2. The number of nitrogens with zero attached hydrogens (tertiary/aromatic N) is 2. The van der Waals surface area contributed by atoms with Crippen molar-refractivity contribution in [2.24, 2.45) is 0 Å². The molecule has 25 heavy (non-hydrogen) atoms. The van der Waals surface area contributed by atoms with Gasteiger partial charge in [-0.05, 0) is 37.1 Å². The summed E-state index contributed by atoms with van der Waals surface area (Å²) in [6.45, 7) is 1.63. The molecule has 2 aromatic carbocycles. The molecule has 0 saturated carbocycles. The largest absolute Gasteiger partial charge is 0.376 e. The van der Waals surface area contributed by atoms with Crippen LogP contribution >= 0.6 is 12.4 Å². The smallest absolute Gasteiger partial charge is 0.229 e. The fourth-order valence-corrected chi connectivity index (χ4v) is 2.93. The van der Waals surface area contributed by atoms with E-state index in [2.05, 4.69) is 20.6 Å². The third kappa shape index (κ3) is 4.18. The molecule has 1 atom stereocenters. The molecule has 130 valence electrons. The van der Waals surface area contributed by atoms with Gasteiger partial charge in [0.15, 0.2) is 0 Å². The molecule has 6 heteroatoms. The van der Waals surface area contributed by atoms with Crippen LogP contribution in [-0.4, -0.2) is 29.2 Å². The van der Waals surface area contributed by atoms with Gasteiger partial charge in [0.25, 0.3) is 0 Å². The van der Waals surface area contributed by atoms with E-state index >= 15 is 0 Å². The van der Waals surface area contributed by atoms with Crippen molar-refractivity contribution >= 4 is 40.8 Å². The zero-order chi connectivity index (χ0) is 16.2. The van der Waals surface area contributed by atoms with Gasteiger partial charge >= 0.3 is 0 Å². The van der Waals surface area contributed by atoms with Crippen molar-refractivity contribution in [3.63, 3.8) is 0 Å². The number of ether oxygens (including phenoxy) is 1. The van der Waals surface area contributed by atoms with Crippen molar-refractivity contribution in [3.05, 3.63) is 54.6 Å². The summed E-state index contributed by atoms with van der Waals surface area (Å²) in [7, 11) is 0. The van der Waals surface area contributed by atoms with E-state index in [-0.39, 0.29) is 18.5 Å². The van der Waals surface area contributed by atoms with Gasteiger partial charge in [0.2, 0.25) is 5.95 Å². The number of nitrogens with one attached hydrogen (secondary N) is 2. The molecule has 5 nitrogen and oxygen atoms in total. The van der Waals surface area contributed by atoms with E-state index in [0.29, 0.717) is 5.95 Å². The molecule has 1 saturated heterocycles. The highest BCUT2D eigenvalue weighted by molar-refractivity contribution is 5.90. The van der Waals surface area contributed by atoms with E-state index in [1.165, 1.54) is 0 Å². The summed E-state index contributed by atoms with van der Waals surface area (Å²) in [5.41, 5.74) is 1.89. The summed E-state index contributed by atoms with van der Waals surface area (Å²) in [5.74, 6) is 1.43. The quantitative estimate of drug-likeness (QED) is 0.710. The lowest BCUT2D eigenvalue weighted by Gasteiger charge is -2.14. The first kappa shape index (κ1) is 17.5. The average molecular weight is 357 g/mol. The second-order valence-electron chi connectivity index (χ2n) is 5.92. The van der Waals surface area contributed by atoms with E-state index in [1.54, 1.807) is 0 Å². The average Bonchev–Trinajstić information content (AvgIpc) is 3.14. The number of hydrogen-bond acceptors (Lipinski definition) is 5. The zero-order valence-corrected chi connectivity index (χ0v) is 14.6. The van der Waals surface area contributed by atoms with Gasteiger partial charge in [-0.3, -0.25) is 0 Å². The van der Waals surface area contributed by atoms with E-state index in [0.717, 1.165) is 48.4 Å². The Balaban J connectivity index is 0.00000182. The third-order valence-electron chi connectivity index (χ3n) is 4.15. The molecule has 0 bridgehead atoms. The Bertz CT molecular complexity index is 822. The SMILES string of the molecule is Cl.c1ccc(Nc2nc(NCC3CCCO3)c3ccccc3n2)cc1. The van der Waals surface area contributed by atoms with Gasteiger partial charge in [-0.1, -0.05) is 30.3 Å². The van der Waals surface area contributed by atoms with E-state index < -0.39 is 0 Å². The third-order valence-corrected chi connectivity index (χ3v) is 4.15. The topological polar surface area (TPSA) is 59.1 Å². The second-order valence-corrected chi connectivity index (χ2v) is 5.92. The highest BCUT2D eigenvalue weighted by Gasteiger charge is 2.16. The van der Waals surface area contributed by atoms with Crippen LogP contribution < -0.4 is 10.6 Å². The fourth-order valence-electron chi connectivity index (χ4n) is 2.93. The van der Waals surface area contributed by atoms with Crippen LogP contribution in [0.4, 0.5) is 17.5 Å². The van der Waals surface area contributed by atoms with Crippen LogP contribution in [0.2, 0.25) is 0 Å². The summed E-state index contributed by atoms with van der Waals surface area (Å²) in [6, 6.07) is 18.0. The van der Waals surface area contributed by atoms with Crippen molar-refractivity contribution in [1.82, 2.24) is 9.97 Å². The summed E-state index contributed by atoms with van der Waals surface area (Å²) >= 11 is 0. The Morgan fingerprint density at radius 3 is 2.60 bits per heavy atom. The van der Waals surface area contributed by atoms with Crippen LogP contribution in [0.5, 0.6) is 0 Å². The molecule has 2 N–H and O–H groups in total. The summed E-state index contributed by atoms with van der Waals surface area (Å²) < 4.78 is 5.69. The predicted molar refractivity (Wildman–Crippen MR) is 104 cm³/mol. The van der Waals surface area contributed by atoms with Crippen LogP contribution in [-0.2, 0) is 4.74 Å². The molecule has 0 spiro atoms. The summed E-state index contributed by atoms with van der Waals surface area (Å²) in [6.07, 6.45) is 2.51. The molecular formula is C19H21ClN4O. The molecule has 0 amide bonds. The molecule has 4 rings (SSSR count). The first-order valence-electron chi connectivity index (χ1n) is 8.33. The van der Waals surface area contributed by atoms with Gasteiger partial charge in [-0.25, -0.2) is 4.98 Å². The van der Waals surface area contributed by atoms with Crippen LogP contribution in [0.25, 0.3) is 10.9 Å². The summed E-state index contributed by atoms with van der Waals surface area (Å²) in [5, 5.41) is 7.73. The molecular weight excluding hydrogens is 336 g/mol. The minimum absolute atomic E-state index is 0. The fraction of sp³-hybridized carbons (Fsp3) is 0.263. The molecule has 0 aliphatic carbocycles. The van der Waals surface area contributed by atoms with Gasteiger partial charge in [-0.2, -0.15) is 4.98 Å². The molecule has 1 unspecified atom stereocenters. The molecule has 2 heterocycles. The van der Waals surface area contributed by atoms with E-state index in [4.69, 9.17) is 4.74 Å². The van der Waals surface area contributed by atoms with Crippen LogP contribution in [0.1, 0.15) is 12.8 Å². The van der Waals surface area contributed by atoms with Gasteiger partial charge in [0.1, 0.15) is 5.82 Å². The van der Waals surface area contributed by atoms with Gasteiger partial charge in [0.05, 0.1) is 11.6 Å². The Labute approximate surface area is 153 Å². The second kappa shape index (κ2) is 8.14. The Kier molecular flexibility index (Phi) is 5.68. The normalized spacial score (nSPS) is 16.4. The maximum absolute atomic E-state index is 5.69. The van der Waals surface area contributed by atoms with Crippen molar-refractivity contribution in [2.75, 3.05) is 23.8 Å². The number of hydrogen-bond donors (Lipinski definition) is 2. The molecule has 3 aromatic rings. The number of halogens is 1. The Morgan fingerprint density at radius 2 is 1.80 bits per heavy atom. The van der Waals surface area contributed by atoms with Gasteiger partial charge in [-0.15, -0.1) is 12.4 Å². The first-order chi connectivity index (χ1) is 11.9. The van der Waals surface area contributed by atoms with Crippen LogP contribution in [0, 0.1) is 0 Å². The van der Waals surface area contributed by atoms with E-state index in [1.807, 2.05) is 54.6 Å². The monoisotopic (exact) mass is 356 g/mol. The van der Waals surface area contributed by atoms with Crippen molar-refractivity contribution in [3.8, 4) is 0 Å². The predicted octanol–water partition coefficient (Wildman–Crippen LogP) is 4.39. The number of benzene rings is 2. The van der Waals surface area contributed by atoms with E-state index in [9.17, 15) is 0 Å². The van der Waals surface area contributed by atoms with Crippen molar-refractivity contribution in [2.45, 2.75) is 18.9 Å². The number of aromatic nitrogens is 2.